The Labute approximate surface area is 159 Å². The number of aromatic nitrogens is 2. The molecule has 0 saturated heterocycles. The van der Waals surface area contributed by atoms with Crippen LogP contribution in [0.1, 0.15) is 22.5 Å². The van der Waals surface area contributed by atoms with Crippen molar-refractivity contribution in [1.82, 2.24) is 9.55 Å². The molecule has 0 aliphatic heterocycles. The Balaban J connectivity index is 1.89. The molecule has 25 heavy (non-hydrogen) atoms. The van der Waals surface area contributed by atoms with Gasteiger partial charge in [-0.1, -0.05) is 72.3 Å². The van der Waals surface area contributed by atoms with Crippen molar-refractivity contribution in [2.24, 2.45) is 0 Å². The summed E-state index contributed by atoms with van der Waals surface area (Å²) in [5.41, 5.74) is 0.885. The molecular formula is C19H16BrClN2O2. The van der Waals surface area contributed by atoms with Crippen LogP contribution in [-0.4, -0.2) is 9.55 Å². The summed E-state index contributed by atoms with van der Waals surface area (Å²) in [7, 11) is 0. The largest absolute Gasteiger partial charge is 0.452 e. The van der Waals surface area contributed by atoms with Gasteiger partial charge in [0.05, 0.1) is 6.54 Å². The van der Waals surface area contributed by atoms with Crippen molar-refractivity contribution < 1.29 is 4.74 Å². The first-order valence-corrected chi connectivity index (χ1v) is 8.95. The van der Waals surface area contributed by atoms with Gasteiger partial charge in [-0.05, 0) is 28.4 Å². The molecule has 0 fully saturated rings. The van der Waals surface area contributed by atoms with Crippen LogP contribution >= 0.6 is 27.5 Å². The molecule has 1 aromatic heterocycles. The molecule has 3 rings (SSSR count). The van der Waals surface area contributed by atoms with Crippen LogP contribution in [0.3, 0.4) is 0 Å². The van der Waals surface area contributed by atoms with Crippen LogP contribution < -0.4 is 10.3 Å². The Morgan fingerprint density at radius 1 is 1.12 bits per heavy atom. The first-order chi connectivity index (χ1) is 12.1. The highest BCUT2D eigenvalue weighted by atomic mass is 79.9. The molecule has 0 aliphatic rings. The predicted molar refractivity (Wildman–Crippen MR) is 102 cm³/mol. The molecule has 0 amide bonds. The Kier molecular flexibility index (Phi) is 5.56. The van der Waals surface area contributed by atoms with E-state index in [9.17, 15) is 4.79 Å². The molecular weight excluding hydrogens is 404 g/mol. The Bertz CT molecular complexity index is 914. The van der Waals surface area contributed by atoms with Gasteiger partial charge < -0.3 is 4.74 Å². The smallest absolute Gasteiger partial charge is 0.272 e. The Hall–Kier alpha value is -2.11. The first kappa shape index (κ1) is 17.7. The number of alkyl halides is 1. The van der Waals surface area contributed by atoms with Gasteiger partial charge in [-0.3, -0.25) is 9.36 Å². The van der Waals surface area contributed by atoms with Gasteiger partial charge in [0, 0.05) is 5.56 Å². The number of hydrogen-bond donors (Lipinski definition) is 0. The molecule has 6 heteroatoms. The lowest BCUT2D eigenvalue weighted by atomic mass is 10.2. The molecule has 0 saturated carbocycles. The number of halogens is 2. The van der Waals surface area contributed by atoms with Crippen molar-refractivity contribution >= 4 is 27.5 Å². The molecule has 0 bridgehead atoms. The predicted octanol–water partition coefficient (Wildman–Crippen LogP) is 4.68. The summed E-state index contributed by atoms with van der Waals surface area (Å²) in [6.07, 6.45) is 0. The van der Waals surface area contributed by atoms with Crippen LogP contribution in [0.15, 0.2) is 69.9 Å². The van der Waals surface area contributed by atoms with E-state index in [4.69, 9.17) is 16.3 Å². The van der Waals surface area contributed by atoms with E-state index in [0.29, 0.717) is 12.4 Å². The average molecular weight is 420 g/mol. The second-order valence-corrected chi connectivity index (χ2v) is 6.69. The summed E-state index contributed by atoms with van der Waals surface area (Å²) in [5.74, 6) is 0.750. The van der Waals surface area contributed by atoms with Crippen LogP contribution in [-0.2, 0) is 6.54 Å². The normalized spacial score (nSPS) is 12.0. The minimum Gasteiger partial charge on any atom is -0.452 e. The quantitative estimate of drug-likeness (QED) is 0.564. The van der Waals surface area contributed by atoms with E-state index in [1.807, 2.05) is 60.7 Å². The first-order valence-electron chi connectivity index (χ1n) is 7.73. The van der Waals surface area contributed by atoms with Gasteiger partial charge in [0.25, 0.3) is 5.56 Å². The van der Waals surface area contributed by atoms with Crippen molar-refractivity contribution in [1.29, 1.82) is 0 Å². The van der Waals surface area contributed by atoms with Crippen molar-refractivity contribution in [2.75, 3.05) is 0 Å². The van der Waals surface area contributed by atoms with Crippen molar-refractivity contribution in [2.45, 2.75) is 19.0 Å². The number of aryl methyl sites for hydroxylation is 1. The van der Waals surface area contributed by atoms with Crippen LogP contribution in [0.2, 0.25) is 0 Å². The van der Waals surface area contributed by atoms with Crippen LogP contribution in [0.4, 0.5) is 0 Å². The summed E-state index contributed by atoms with van der Waals surface area (Å²) in [4.78, 5) is 17.1. The van der Waals surface area contributed by atoms with Gasteiger partial charge >= 0.3 is 0 Å². The monoisotopic (exact) mass is 418 g/mol. The SMILES string of the molecule is Cc1nc(O[C@@H](Cl)c2ccccc2)c(Br)c(=O)n1Cc1ccccc1. The van der Waals surface area contributed by atoms with E-state index < -0.39 is 5.56 Å². The molecule has 2 aromatic carbocycles. The maximum absolute atomic E-state index is 12.7. The molecule has 0 radical (unpaired) electrons. The highest BCUT2D eigenvalue weighted by molar-refractivity contribution is 9.10. The molecule has 128 valence electrons. The highest BCUT2D eigenvalue weighted by Gasteiger charge is 2.18. The van der Waals surface area contributed by atoms with E-state index in [1.54, 1.807) is 11.5 Å². The van der Waals surface area contributed by atoms with Crippen LogP contribution in [0.5, 0.6) is 5.88 Å². The van der Waals surface area contributed by atoms with Gasteiger partial charge in [0.15, 0.2) is 5.56 Å². The topological polar surface area (TPSA) is 44.1 Å². The second-order valence-electron chi connectivity index (χ2n) is 5.50. The molecule has 0 aliphatic carbocycles. The lowest BCUT2D eigenvalue weighted by Gasteiger charge is -2.16. The Morgan fingerprint density at radius 3 is 2.36 bits per heavy atom. The van der Waals surface area contributed by atoms with Gasteiger partial charge in [-0.25, -0.2) is 0 Å². The molecule has 1 atom stereocenters. The number of ether oxygens (including phenoxy) is 1. The van der Waals surface area contributed by atoms with Gasteiger partial charge in [0.1, 0.15) is 10.3 Å². The van der Waals surface area contributed by atoms with Crippen LogP contribution in [0.25, 0.3) is 0 Å². The zero-order valence-corrected chi connectivity index (χ0v) is 15.9. The van der Waals surface area contributed by atoms with E-state index in [2.05, 4.69) is 20.9 Å². The van der Waals surface area contributed by atoms with E-state index in [0.717, 1.165) is 11.1 Å². The fourth-order valence-corrected chi connectivity index (χ4v) is 3.04. The lowest BCUT2D eigenvalue weighted by molar-refractivity contribution is 0.271. The summed E-state index contributed by atoms with van der Waals surface area (Å²) in [6, 6.07) is 19.1. The molecule has 4 nitrogen and oxygen atoms in total. The zero-order chi connectivity index (χ0) is 17.8. The number of rotatable bonds is 5. The molecule has 1 heterocycles. The zero-order valence-electron chi connectivity index (χ0n) is 13.5. The molecule has 0 unspecified atom stereocenters. The lowest BCUT2D eigenvalue weighted by Crippen LogP contribution is -2.26. The minimum absolute atomic E-state index is 0.190. The van der Waals surface area contributed by atoms with Gasteiger partial charge in [-0.15, -0.1) is 0 Å². The van der Waals surface area contributed by atoms with Crippen molar-refractivity contribution in [3.05, 3.63) is 92.4 Å². The fraction of sp³-hybridized carbons (Fsp3) is 0.158. The summed E-state index contributed by atoms with van der Waals surface area (Å²) < 4.78 is 7.55. The van der Waals surface area contributed by atoms with E-state index >= 15 is 0 Å². The van der Waals surface area contributed by atoms with E-state index in [-0.39, 0.29) is 15.9 Å². The molecule has 0 spiro atoms. The van der Waals surface area contributed by atoms with Crippen LogP contribution in [0, 0.1) is 6.92 Å². The van der Waals surface area contributed by atoms with Gasteiger partial charge in [0.2, 0.25) is 5.88 Å². The third kappa shape index (κ3) is 4.11. The maximum atomic E-state index is 12.7. The minimum atomic E-state index is -0.728. The van der Waals surface area contributed by atoms with Crippen molar-refractivity contribution in [3.63, 3.8) is 0 Å². The van der Waals surface area contributed by atoms with Crippen molar-refractivity contribution in [3.8, 4) is 5.88 Å². The van der Waals surface area contributed by atoms with Gasteiger partial charge in [-0.2, -0.15) is 4.98 Å². The molecule has 0 N–H and O–H groups in total. The maximum Gasteiger partial charge on any atom is 0.272 e. The Morgan fingerprint density at radius 2 is 1.72 bits per heavy atom. The summed E-state index contributed by atoms with van der Waals surface area (Å²) in [5, 5.41) is 0. The van der Waals surface area contributed by atoms with E-state index in [1.165, 1.54) is 0 Å². The number of hydrogen-bond acceptors (Lipinski definition) is 3. The number of benzene rings is 2. The fourth-order valence-electron chi connectivity index (χ4n) is 2.41. The summed E-state index contributed by atoms with van der Waals surface area (Å²) in [6.45, 7) is 2.22. The third-order valence-electron chi connectivity index (χ3n) is 3.73. The standard InChI is InChI=1S/C19H16BrClN2O2/c1-13-22-18(25-17(21)15-10-6-3-7-11-15)16(20)19(24)23(13)12-14-8-4-2-5-9-14/h2-11,17H,12H2,1H3/t17-/m1/s1. The third-order valence-corrected chi connectivity index (χ3v) is 4.75. The molecule has 3 aromatic rings. The number of nitrogens with zero attached hydrogens (tertiary/aromatic N) is 2. The highest BCUT2D eigenvalue weighted by Crippen LogP contribution is 2.28. The summed E-state index contributed by atoms with van der Waals surface area (Å²) >= 11 is 9.60. The second kappa shape index (κ2) is 7.85. The average Bonchev–Trinajstić information content (AvgIpc) is 2.64.